The number of benzene rings is 1. The van der Waals surface area contributed by atoms with Crippen LogP contribution in [0.5, 0.6) is 0 Å². The fourth-order valence-corrected chi connectivity index (χ4v) is 1.52. The van der Waals surface area contributed by atoms with Crippen LogP contribution < -0.4 is 10.9 Å². The van der Waals surface area contributed by atoms with Crippen LogP contribution >= 0.6 is 0 Å². The van der Waals surface area contributed by atoms with Gasteiger partial charge in [0.05, 0.1) is 0 Å². The van der Waals surface area contributed by atoms with E-state index in [4.69, 9.17) is 0 Å². The molecule has 0 aliphatic rings. The van der Waals surface area contributed by atoms with Crippen molar-refractivity contribution < 1.29 is 4.79 Å². The molecule has 94 valence electrons. The largest absolute Gasteiger partial charge is 0.331 e. The molecule has 0 atom stereocenters. The fourth-order valence-electron chi connectivity index (χ4n) is 1.52. The lowest BCUT2D eigenvalue weighted by Gasteiger charge is -2.19. The zero-order valence-corrected chi connectivity index (χ0v) is 10.8. The fraction of sp³-hybridized carbons (Fsp3) is 0.462. The van der Waals surface area contributed by atoms with Gasteiger partial charge in [0.25, 0.3) is 0 Å². The average Bonchev–Trinajstić information content (AvgIpc) is 2.33. The van der Waals surface area contributed by atoms with E-state index in [1.165, 1.54) is 5.56 Å². The van der Waals surface area contributed by atoms with Crippen LogP contribution in [0.3, 0.4) is 0 Å². The summed E-state index contributed by atoms with van der Waals surface area (Å²) < 4.78 is 0. The minimum absolute atomic E-state index is 0.0814. The first-order valence-corrected chi connectivity index (χ1v) is 6.00. The van der Waals surface area contributed by atoms with E-state index in [0.29, 0.717) is 19.6 Å². The number of nitrogens with zero attached hydrogens (tertiary/aromatic N) is 1. The molecule has 0 saturated carbocycles. The normalized spacial score (nSPS) is 10.1. The number of hydrogen-bond donors (Lipinski definition) is 2. The van der Waals surface area contributed by atoms with Crippen LogP contribution in [-0.2, 0) is 6.54 Å². The van der Waals surface area contributed by atoms with E-state index in [0.717, 1.165) is 5.56 Å². The van der Waals surface area contributed by atoms with Gasteiger partial charge in [0.15, 0.2) is 0 Å². The highest BCUT2D eigenvalue weighted by molar-refractivity contribution is 5.73. The number of amides is 2. The van der Waals surface area contributed by atoms with Gasteiger partial charge in [-0.25, -0.2) is 10.2 Å². The first-order chi connectivity index (χ1) is 8.17. The summed E-state index contributed by atoms with van der Waals surface area (Å²) in [6.07, 6.45) is 0. The zero-order valence-electron chi connectivity index (χ0n) is 10.8. The molecule has 4 heteroatoms. The summed E-state index contributed by atoms with van der Waals surface area (Å²) >= 11 is 0. The van der Waals surface area contributed by atoms with Gasteiger partial charge in [-0.3, -0.25) is 5.43 Å². The van der Waals surface area contributed by atoms with E-state index in [1.54, 1.807) is 4.90 Å². The molecule has 0 radical (unpaired) electrons. The molecule has 0 aromatic heterocycles. The van der Waals surface area contributed by atoms with E-state index in [1.807, 2.05) is 26.0 Å². The van der Waals surface area contributed by atoms with Gasteiger partial charge in [-0.2, -0.15) is 0 Å². The molecule has 2 N–H and O–H groups in total. The van der Waals surface area contributed by atoms with E-state index in [9.17, 15) is 4.79 Å². The summed E-state index contributed by atoms with van der Waals surface area (Å²) in [5.74, 6) is 0. The minimum atomic E-state index is -0.0814. The molecule has 0 saturated heterocycles. The Labute approximate surface area is 103 Å². The predicted octanol–water partition coefficient (Wildman–Crippen LogP) is 2.05. The minimum Gasteiger partial charge on any atom is -0.324 e. The highest BCUT2D eigenvalue weighted by Crippen LogP contribution is 2.01. The smallest absolute Gasteiger partial charge is 0.324 e. The third-order valence-electron chi connectivity index (χ3n) is 2.66. The van der Waals surface area contributed by atoms with Crippen LogP contribution in [0.25, 0.3) is 0 Å². The van der Waals surface area contributed by atoms with Crippen molar-refractivity contribution in [1.29, 1.82) is 0 Å². The number of aryl methyl sites for hydroxylation is 1. The van der Waals surface area contributed by atoms with E-state index >= 15 is 0 Å². The molecule has 2 amide bonds. The molecule has 0 heterocycles. The number of urea groups is 1. The van der Waals surface area contributed by atoms with E-state index in [2.05, 4.69) is 29.9 Å². The molecule has 0 unspecified atom stereocenters. The number of hydrogen-bond acceptors (Lipinski definition) is 2. The Hall–Kier alpha value is -1.55. The van der Waals surface area contributed by atoms with Crippen LogP contribution in [-0.4, -0.2) is 24.0 Å². The molecule has 1 rings (SSSR count). The third kappa shape index (κ3) is 4.44. The van der Waals surface area contributed by atoms with Gasteiger partial charge in [-0.05, 0) is 26.3 Å². The molecule has 0 spiro atoms. The second kappa shape index (κ2) is 6.91. The Bertz CT molecular complexity index is 344. The highest BCUT2D eigenvalue weighted by Gasteiger charge is 2.07. The van der Waals surface area contributed by atoms with Crippen molar-refractivity contribution in [1.82, 2.24) is 15.8 Å². The van der Waals surface area contributed by atoms with Crippen molar-refractivity contribution in [3.8, 4) is 0 Å². The number of carbonyl (C=O) groups excluding carboxylic acids is 1. The molecular formula is C13H21N3O. The average molecular weight is 235 g/mol. The van der Waals surface area contributed by atoms with Gasteiger partial charge in [-0.1, -0.05) is 29.8 Å². The number of hydrazine groups is 1. The maximum Gasteiger partial charge on any atom is 0.331 e. The quantitative estimate of drug-likeness (QED) is 0.767. The third-order valence-corrected chi connectivity index (χ3v) is 2.66. The van der Waals surface area contributed by atoms with Gasteiger partial charge in [0.2, 0.25) is 0 Å². The molecule has 1 aromatic carbocycles. The summed E-state index contributed by atoms with van der Waals surface area (Å²) in [5.41, 5.74) is 8.00. The SMILES string of the molecule is CCN(CC)C(=O)NNCc1ccc(C)cc1. The highest BCUT2D eigenvalue weighted by atomic mass is 16.2. The van der Waals surface area contributed by atoms with Crippen molar-refractivity contribution in [3.05, 3.63) is 35.4 Å². The summed E-state index contributed by atoms with van der Waals surface area (Å²) in [5, 5.41) is 0. The monoisotopic (exact) mass is 235 g/mol. The molecule has 0 bridgehead atoms. The molecule has 4 nitrogen and oxygen atoms in total. The molecule has 0 fully saturated rings. The van der Waals surface area contributed by atoms with Crippen molar-refractivity contribution in [2.24, 2.45) is 0 Å². The zero-order chi connectivity index (χ0) is 12.7. The Morgan fingerprint density at radius 2 is 1.76 bits per heavy atom. The standard InChI is InChI=1S/C13H21N3O/c1-4-16(5-2)13(17)15-14-10-12-8-6-11(3)7-9-12/h6-9,14H,4-5,10H2,1-3H3,(H,15,17). The Morgan fingerprint density at radius 1 is 1.18 bits per heavy atom. The lowest BCUT2D eigenvalue weighted by molar-refractivity contribution is 0.198. The molecular weight excluding hydrogens is 214 g/mol. The topological polar surface area (TPSA) is 44.4 Å². The van der Waals surface area contributed by atoms with Gasteiger partial charge < -0.3 is 4.90 Å². The van der Waals surface area contributed by atoms with Crippen LogP contribution in [0.4, 0.5) is 4.79 Å². The summed E-state index contributed by atoms with van der Waals surface area (Å²) in [6.45, 7) is 8.04. The number of carbonyl (C=O) groups is 1. The lowest BCUT2D eigenvalue weighted by atomic mass is 10.1. The van der Waals surface area contributed by atoms with Gasteiger partial charge in [-0.15, -0.1) is 0 Å². The van der Waals surface area contributed by atoms with Gasteiger partial charge in [0.1, 0.15) is 0 Å². The van der Waals surface area contributed by atoms with Crippen LogP contribution in [0.15, 0.2) is 24.3 Å². The first kappa shape index (κ1) is 13.5. The lowest BCUT2D eigenvalue weighted by Crippen LogP contribution is -2.46. The van der Waals surface area contributed by atoms with Crippen LogP contribution in [0.2, 0.25) is 0 Å². The maximum atomic E-state index is 11.6. The molecule has 0 aliphatic carbocycles. The van der Waals surface area contributed by atoms with Crippen LogP contribution in [0.1, 0.15) is 25.0 Å². The second-order valence-electron chi connectivity index (χ2n) is 3.94. The maximum absolute atomic E-state index is 11.6. The molecule has 17 heavy (non-hydrogen) atoms. The molecule has 1 aromatic rings. The predicted molar refractivity (Wildman–Crippen MR) is 69.5 cm³/mol. The Balaban J connectivity index is 2.32. The van der Waals surface area contributed by atoms with Crippen molar-refractivity contribution >= 4 is 6.03 Å². The number of rotatable bonds is 5. The van der Waals surface area contributed by atoms with E-state index in [-0.39, 0.29) is 6.03 Å². The van der Waals surface area contributed by atoms with Crippen molar-refractivity contribution in [3.63, 3.8) is 0 Å². The van der Waals surface area contributed by atoms with Crippen molar-refractivity contribution in [2.75, 3.05) is 13.1 Å². The van der Waals surface area contributed by atoms with Gasteiger partial charge in [0, 0.05) is 19.6 Å². The molecule has 0 aliphatic heterocycles. The first-order valence-electron chi connectivity index (χ1n) is 6.00. The summed E-state index contributed by atoms with van der Waals surface area (Å²) in [4.78, 5) is 13.3. The second-order valence-corrected chi connectivity index (χ2v) is 3.94. The van der Waals surface area contributed by atoms with Gasteiger partial charge >= 0.3 is 6.03 Å². The summed E-state index contributed by atoms with van der Waals surface area (Å²) in [7, 11) is 0. The number of nitrogens with one attached hydrogen (secondary N) is 2. The Morgan fingerprint density at radius 3 is 2.29 bits per heavy atom. The van der Waals surface area contributed by atoms with Crippen molar-refractivity contribution in [2.45, 2.75) is 27.3 Å². The summed E-state index contributed by atoms with van der Waals surface area (Å²) in [6, 6.07) is 8.13. The van der Waals surface area contributed by atoms with Crippen LogP contribution in [0, 0.1) is 6.92 Å². The Kier molecular flexibility index (Phi) is 5.49. The van der Waals surface area contributed by atoms with E-state index < -0.39 is 0 Å².